The van der Waals surface area contributed by atoms with Gasteiger partial charge in [-0.15, -0.1) is 0 Å². The minimum Gasteiger partial charge on any atom is -0.314 e. The fourth-order valence-corrected chi connectivity index (χ4v) is 2.91. The molecule has 2 aliphatic rings. The monoisotopic (exact) mass is 209 g/mol. The Labute approximate surface area is 95.0 Å². The highest BCUT2D eigenvalue weighted by Gasteiger charge is 2.24. The number of hydrogen-bond donors (Lipinski definition) is 1. The van der Waals surface area contributed by atoms with Gasteiger partial charge in [0.05, 0.1) is 0 Å². The van der Waals surface area contributed by atoms with Crippen molar-refractivity contribution in [2.24, 2.45) is 17.8 Å². The van der Waals surface area contributed by atoms with Gasteiger partial charge in [0.1, 0.15) is 0 Å². The van der Waals surface area contributed by atoms with Crippen molar-refractivity contribution in [2.45, 2.75) is 64.8 Å². The lowest BCUT2D eigenvalue weighted by molar-refractivity contribution is 0.198. The third-order valence-corrected chi connectivity index (χ3v) is 4.51. The van der Waals surface area contributed by atoms with Crippen molar-refractivity contribution in [1.82, 2.24) is 5.32 Å². The Hall–Kier alpha value is -0.0400. The molecule has 0 bridgehead atoms. The zero-order chi connectivity index (χ0) is 10.7. The maximum atomic E-state index is 3.62. The van der Waals surface area contributed by atoms with Crippen LogP contribution in [0.2, 0.25) is 0 Å². The van der Waals surface area contributed by atoms with Gasteiger partial charge in [-0.25, -0.2) is 0 Å². The molecule has 0 saturated heterocycles. The summed E-state index contributed by atoms with van der Waals surface area (Å²) in [5.41, 5.74) is 0. The van der Waals surface area contributed by atoms with Gasteiger partial charge in [0.2, 0.25) is 0 Å². The van der Waals surface area contributed by atoms with Crippen molar-refractivity contribution in [3.05, 3.63) is 0 Å². The summed E-state index contributed by atoms with van der Waals surface area (Å²) in [4.78, 5) is 0. The Bertz CT molecular complexity index is 186. The molecule has 2 rings (SSSR count). The molecule has 0 spiro atoms. The third-order valence-electron chi connectivity index (χ3n) is 4.51. The Kier molecular flexibility index (Phi) is 4.07. The Balaban J connectivity index is 1.54. The average molecular weight is 209 g/mol. The van der Waals surface area contributed by atoms with Crippen LogP contribution in [0.3, 0.4) is 0 Å². The highest BCUT2D eigenvalue weighted by Crippen LogP contribution is 2.35. The molecule has 3 unspecified atom stereocenters. The Morgan fingerprint density at radius 3 is 2.47 bits per heavy atom. The fraction of sp³-hybridized carbons (Fsp3) is 1.00. The molecule has 2 aliphatic carbocycles. The third kappa shape index (κ3) is 3.79. The zero-order valence-electron chi connectivity index (χ0n) is 10.5. The maximum absolute atomic E-state index is 3.62. The minimum absolute atomic E-state index is 0.898. The van der Waals surface area contributed by atoms with Gasteiger partial charge in [-0.05, 0) is 56.4 Å². The van der Waals surface area contributed by atoms with Crippen molar-refractivity contribution in [3.63, 3.8) is 0 Å². The van der Waals surface area contributed by atoms with Crippen LogP contribution in [0.25, 0.3) is 0 Å². The highest BCUT2D eigenvalue weighted by molar-refractivity contribution is 4.81. The van der Waals surface area contributed by atoms with E-state index in [1.165, 1.54) is 51.5 Å². The SMILES string of the molecule is CC1CCC(CCCNC2CC2)CC1C. The Morgan fingerprint density at radius 1 is 1.00 bits per heavy atom. The molecule has 88 valence electrons. The second-order valence-electron chi connectivity index (χ2n) is 6.00. The molecule has 0 radical (unpaired) electrons. The van der Waals surface area contributed by atoms with Crippen molar-refractivity contribution in [1.29, 1.82) is 0 Å². The van der Waals surface area contributed by atoms with Gasteiger partial charge in [-0.1, -0.05) is 26.7 Å². The number of rotatable bonds is 5. The molecular weight excluding hydrogens is 182 g/mol. The number of hydrogen-bond acceptors (Lipinski definition) is 1. The van der Waals surface area contributed by atoms with Crippen LogP contribution in [0.4, 0.5) is 0 Å². The molecule has 0 heterocycles. The second-order valence-corrected chi connectivity index (χ2v) is 6.00. The summed E-state index contributed by atoms with van der Waals surface area (Å²) in [6.07, 6.45) is 10.2. The summed E-state index contributed by atoms with van der Waals surface area (Å²) in [5.74, 6) is 2.99. The molecule has 0 aromatic rings. The van der Waals surface area contributed by atoms with Crippen LogP contribution in [0, 0.1) is 17.8 Å². The fourth-order valence-electron chi connectivity index (χ4n) is 2.91. The summed E-state index contributed by atoms with van der Waals surface area (Å²) in [7, 11) is 0. The van der Waals surface area contributed by atoms with E-state index < -0.39 is 0 Å². The van der Waals surface area contributed by atoms with Crippen LogP contribution in [0.5, 0.6) is 0 Å². The predicted molar refractivity (Wildman–Crippen MR) is 65.9 cm³/mol. The molecule has 0 aliphatic heterocycles. The van der Waals surface area contributed by atoms with Gasteiger partial charge < -0.3 is 5.32 Å². The summed E-state index contributed by atoms with van der Waals surface area (Å²) >= 11 is 0. The topological polar surface area (TPSA) is 12.0 Å². The van der Waals surface area contributed by atoms with E-state index in [9.17, 15) is 0 Å². The van der Waals surface area contributed by atoms with Crippen molar-refractivity contribution in [3.8, 4) is 0 Å². The highest BCUT2D eigenvalue weighted by atomic mass is 14.9. The average Bonchev–Trinajstić information content (AvgIpc) is 3.02. The standard InChI is InChI=1S/C14H27N/c1-11-5-6-13(10-12(11)2)4-3-9-15-14-7-8-14/h11-15H,3-10H2,1-2H3. The maximum Gasteiger partial charge on any atom is 0.00682 e. The van der Waals surface area contributed by atoms with Gasteiger partial charge in [-0.2, -0.15) is 0 Å². The zero-order valence-corrected chi connectivity index (χ0v) is 10.5. The quantitative estimate of drug-likeness (QED) is 0.682. The second kappa shape index (κ2) is 5.34. The van der Waals surface area contributed by atoms with E-state index in [4.69, 9.17) is 0 Å². The van der Waals surface area contributed by atoms with Crippen LogP contribution in [0.1, 0.15) is 58.8 Å². The van der Waals surface area contributed by atoms with Crippen LogP contribution < -0.4 is 5.32 Å². The van der Waals surface area contributed by atoms with E-state index in [2.05, 4.69) is 19.2 Å². The molecule has 0 aromatic carbocycles. The van der Waals surface area contributed by atoms with E-state index in [1.807, 2.05) is 0 Å². The van der Waals surface area contributed by atoms with Gasteiger partial charge in [-0.3, -0.25) is 0 Å². The minimum atomic E-state index is 0.898. The molecular formula is C14H27N. The van der Waals surface area contributed by atoms with Gasteiger partial charge in [0.15, 0.2) is 0 Å². The lowest BCUT2D eigenvalue weighted by Gasteiger charge is -2.32. The molecule has 15 heavy (non-hydrogen) atoms. The van der Waals surface area contributed by atoms with Crippen molar-refractivity contribution in [2.75, 3.05) is 6.54 Å². The molecule has 3 atom stereocenters. The van der Waals surface area contributed by atoms with E-state index in [-0.39, 0.29) is 0 Å². The predicted octanol–water partition coefficient (Wildman–Crippen LogP) is 3.59. The van der Waals surface area contributed by atoms with Crippen molar-refractivity contribution < 1.29 is 0 Å². The molecule has 1 nitrogen and oxygen atoms in total. The Morgan fingerprint density at radius 2 is 1.80 bits per heavy atom. The normalized spacial score (nSPS) is 36.8. The summed E-state index contributed by atoms with van der Waals surface area (Å²) in [6.45, 7) is 6.14. The van der Waals surface area contributed by atoms with E-state index in [1.54, 1.807) is 0 Å². The van der Waals surface area contributed by atoms with Crippen molar-refractivity contribution >= 4 is 0 Å². The summed E-state index contributed by atoms with van der Waals surface area (Å²) in [6, 6.07) is 0.898. The molecule has 2 saturated carbocycles. The van der Waals surface area contributed by atoms with Gasteiger partial charge in [0.25, 0.3) is 0 Å². The molecule has 1 heteroatoms. The summed E-state index contributed by atoms with van der Waals surface area (Å²) in [5, 5.41) is 3.62. The molecule has 1 N–H and O–H groups in total. The number of nitrogens with one attached hydrogen (secondary N) is 1. The molecule has 2 fully saturated rings. The first-order chi connectivity index (χ1) is 7.25. The summed E-state index contributed by atoms with van der Waals surface area (Å²) < 4.78 is 0. The van der Waals surface area contributed by atoms with Gasteiger partial charge in [0, 0.05) is 6.04 Å². The lowest BCUT2D eigenvalue weighted by atomic mass is 9.74. The van der Waals surface area contributed by atoms with E-state index >= 15 is 0 Å². The van der Waals surface area contributed by atoms with Gasteiger partial charge >= 0.3 is 0 Å². The first-order valence-corrected chi connectivity index (χ1v) is 6.99. The lowest BCUT2D eigenvalue weighted by Crippen LogP contribution is -2.22. The molecule has 0 amide bonds. The largest absolute Gasteiger partial charge is 0.314 e. The van der Waals surface area contributed by atoms with E-state index in [0.29, 0.717) is 0 Å². The van der Waals surface area contributed by atoms with Crippen LogP contribution in [-0.2, 0) is 0 Å². The first kappa shape index (κ1) is 11.4. The van der Waals surface area contributed by atoms with E-state index in [0.717, 1.165) is 23.8 Å². The first-order valence-electron chi connectivity index (χ1n) is 6.99. The molecule has 0 aromatic heterocycles. The van der Waals surface area contributed by atoms with Crippen LogP contribution in [-0.4, -0.2) is 12.6 Å². The van der Waals surface area contributed by atoms with Crippen LogP contribution in [0.15, 0.2) is 0 Å². The van der Waals surface area contributed by atoms with Crippen LogP contribution >= 0.6 is 0 Å². The smallest absolute Gasteiger partial charge is 0.00682 e.